The lowest BCUT2D eigenvalue weighted by Crippen LogP contribution is -2.23. The van der Waals surface area contributed by atoms with Crippen molar-refractivity contribution in [3.8, 4) is 5.75 Å². The van der Waals surface area contributed by atoms with Gasteiger partial charge in [0.1, 0.15) is 5.75 Å². The molecule has 7 heteroatoms. The normalized spacial score (nSPS) is 11.5. The minimum atomic E-state index is -0.368. The largest absolute Gasteiger partial charge is 0.497 e. The summed E-state index contributed by atoms with van der Waals surface area (Å²) in [7, 11) is 1.60. The number of rotatable bonds is 7. The van der Waals surface area contributed by atoms with E-state index in [4.69, 9.17) is 9.57 Å². The third kappa shape index (κ3) is 5.55. The van der Waals surface area contributed by atoms with Crippen molar-refractivity contribution in [1.82, 2.24) is 5.43 Å². The van der Waals surface area contributed by atoms with Crippen molar-refractivity contribution in [2.45, 2.75) is 6.92 Å². The summed E-state index contributed by atoms with van der Waals surface area (Å²) in [4.78, 5) is 17.5. The minimum Gasteiger partial charge on any atom is -0.497 e. The van der Waals surface area contributed by atoms with Crippen LogP contribution in [0.25, 0.3) is 0 Å². The molecule has 0 spiro atoms. The molecule has 0 saturated heterocycles. The smallest absolute Gasteiger partial charge is 0.280 e. The third-order valence-corrected chi connectivity index (χ3v) is 3.79. The zero-order chi connectivity index (χ0) is 16.5. The number of hydrogen-bond donors (Lipinski definition) is 1. The molecule has 2 rings (SSSR count). The van der Waals surface area contributed by atoms with Crippen LogP contribution in [-0.4, -0.2) is 31.6 Å². The summed E-state index contributed by atoms with van der Waals surface area (Å²) < 4.78 is 5.06. The van der Waals surface area contributed by atoms with E-state index in [2.05, 4.69) is 15.7 Å². The summed E-state index contributed by atoms with van der Waals surface area (Å²) in [5.41, 5.74) is 4.02. The second-order valence-corrected chi connectivity index (χ2v) is 5.44. The highest BCUT2D eigenvalue weighted by Crippen LogP contribution is 2.10. The first-order valence-electron chi connectivity index (χ1n) is 6.85. The van der Waals surface area contributed by atoms with Crippen LogP contribution in [0.3, 0.4) is 0 Å². The van der Waals surface area contributed by atoms with Crippen LogP contribution in [0, 0.1) is 0 Å². The Balaban J connectivity index is 1.73. The molecule has 0 bridgehead atoms. The molecule has 0 unspecified atom stereocenters. The van der Waals surface area contributed by atoms with Crippen molar-refractivity contribution in [1.29, 1.82) is 0 Å². The number of amides is 1. The molecule has 0 aliphatic carbocycles. The Morgan fingerprint density at radius 1 is 1.30 bits per heavy atom. The molecule has 1 N–H and O–H groups in total. The highest BCUT2D eigenvalue weighted by atomic mass is 32.1. The van der Waals surface area contributed by atoms with Crippen molar-refractivity contribution in [3.63, 3.8) is 0 Å². The molecule has 2 aromatic rings. The van der Waals surface area contributed by atoms with Gasteiger partial charge in [0.15, 0.2) is 6.61 Å². The summed E-state index contributed by atoms with van der Waals surface area (Å²) in [6.45, 7) is 1.63. The minimum absolute atomic E-state index is 0.201. The van der Waals surface area contributed by atoms with E-state index in [1.165, 1.54) is 6.21 Å². The van der Waals surface area contributed by atoms with Crippen LogP contribution in [0.5, 0.6) is 5.75 Å². The molecule has 1 aromatic heterocycles. The highest BCUT2D eigenvalue weighted by Gasteiger charge is 2.02. The molecule has 1 amide bonds. The van der Waals surface area contributed by atoms with E-state index >= 15 is 0 Å². The maximum atomic E-state index is 11.6. The molecular weight excluding hydrogens is 314 g/mol. The van der Waals surface area contributed by atoms with Crippen LogP contribution in [0.1, 0.15) is 17.4 Å². The first-order valence-corrected chi connectivity index (χ1v) is 7.73. The van der Waals surface area contributed by atoms with Gasteiger partial charge >= 0.3 is 0 Å². The Morgan fingerprint density at radius 3 is 2.74 bits per heavy atom. The molecule has 1 heterocycles. The molecule has 0 aliphatic heterocycles. The number of thiophene rings is 1. The molecule has 0 radical (unpaired) electrons. The van der Waals surface area contributed by atoms with Gasteiger partial charge in [-0.05, 0) is 48.2 Å². The van der Waals surface area contributed by atoms with E-state index < -0.39 is 0 Å². The molecule has 23 heavy (non-hydrogen) atoms. The van der Waals surface area contributed by atoms with Gasteiger partial charge in [0.25, 0.3) is 5.91 Å². The fourth-order valence-corrected chi connectivity index (χ4v) is 2.28. The predicted octanol–water partition coefficient (Wildman–Crippen LogP) is 2.65. The van der Waals surface area contributed by atoms with Gasteiger partial charge in [-0.1, -0.05) is 11.2 Å². The quantitative estimate of drug-likeness (QED) is 0.626. The van der Waals surface area contributed by atoms with E-state index in [1.54, 1.807) is 18.4 Å². The summed E-state index contributed by atoms with van der Waals surface area (Å²) in [6, 6.07) is 11.2. The van der Waals surface area contributed by atoms with Crippen LogP contribution in [0.15, 0.2) is 52.0 Å². The lowest BCUT2D eigenvalue weighted by molar-refractivity contribution is -0.125. The third-order valence-electron chi connectivity index (χ3n) is 2.81. The second-order valence-electron chi connectivity index (χ2n) is 4.49. The number of hydrazone groups is 1. The average molecular weight is 331 g/mol. The average Bonchev–Trinajstić information content (AvgIpc) is 3.12. The van der Waals surface area contributed by atoms with Crippen molar-refractivity contribution in [3.05, 3.63) is 52.2 Å². The second kappa shape index (κ2) is 8.70. The summed E-state index contributed by atoms with van der Waals surface area (Å²) in [6.07, 6.45) is 1.52. The van der Waals surface area contributed by atoms with E-state index in [-0.39, 0.29) is 12.5 Å². The van der Waals surface area contributed by atoms with Gasteiger partial charge in [0.2, 0.25) is 0 Å². The standard InChI is InChI=1S/C16H17N3O3S/c1-12(15-4-3-9-23-15)18-19-16(20)11-22-17-10-13-5-7-14(21-2)8-6-13/h3-10H,11H2,1-2H3,(H,19,20). The van der Waals surface area contributed by atoms with E-state index in [9.17, 15) is 4.79 Å². The fourth-order valence-electron chi connectivity index (χ4n) is 1.60. The van der Waals surface area contributed by atoms with Crippen LogP contribution < -0.4 is 10.2 Å². The van der Waals surface area contributed by atoms with Gasteiger partial charge in [-0.15, -0.1) is 11.3 Å². The number of hydrogen-bond acceptors (Lipinski definition) is 6. The van der Waals surface area contributed by atoms with Crippen molar-refractivity contribution in [2.75, 3.05) is 13.7 Å². The number of benzene rings is 1. The van der Waals surface area contributed by atoms with Gasteiger partial charge < -0.3 is 9.57 Å². The topological polar surface area (TPSA) is 72.3 Å². The van der Waals surface area contributed by atoms with Crippen LogP contribution in [0.2, 0.25) is 0 Å². The molecule has 1 aromatic carbocycles. The number of nitrogens with zero attached hydrogens (tertiary/aromatic N) is 2. The number of oxime groups is 1. The summed E-state index contributed by atoms with van der Waals surface area (Å²) >= 11 is 1.56. The molecular formula is C16H17N3O3S. The number of carbonyl (C=O) groups excluding carboxylic acids is 1. The van der Waals surface area contributed by atoms with Crippen LogP contribution in [-0.2, 0) is 9.63 Å². The Kier molecular flexibility index (Phi) is 6.31. The summed E-state index contributed by atoms with van der Waals surface area (Å²) in [5.74, 6) is 0.397. The number of nitrogens with one attached hydrogen (secondary N) is 1. The zero-order valence-electron chi connectivity index (χ0n) is 12.9. The van der Waals surface area contributed by atoms with Crippen molar-refractivity contribution < 1.29 is 14.4 Å². The van der Waals surface area contributed by atoms with Crippen LogP contribution in [0.4, 0.5) is 0 Å². The van der Waals surface area contributed by atoms with Gasteiger partial charge in [-0.25, -0.2) is 5.43 Å². The molecule has 120 valence electrons. The molecule has 0 atom stereocenters. The van der Waals surface area contributed by atoms with Gasteiger partial charge in [-0.3, -0.25) is 4.79 Å². The summed E-state index contributed by atoms with van der Waals surface area (Å²) in [5, 5.41) is 9.70. The van der Waals surface area contributed by atoms with Crippen molar-refractivity contribution in [2.24, 2.45) is 10.3 Å². The van der Waals surface area contributed by atoms with Crippen LogP contribution >= 0.6 is 11.3 Å². The molecule has 0 aliphatic rings. The first-order chi connectivity index (χ1) is 11.2. The van der Waals surface area contributed by atoms with E-state index in [1.807, 2.05) is 48.7 Å². The van der Waals surface area contributed by atoms with Gasteiger partial charge in [-0.2, -0.15) is 5.10 Å². The number of carbonyl (C=O) groups is 1. The van der Waals surface area contributed by atoms with E-state index in [0.29, 0.717) is 0 Å². The van der Waals surface area contributed by atoms with Gasteiger partial charge in [0.05, 0.1) is 19.0 Å². The highest BCUT2D eigenvalue weighted by molar-refractivity contribution is 7.12. The Morgan fingerprint density at radius 2 is 2.09 bits per heavy atom. The first kappa shape index (κ1) is 16.7. The lowest BCUT2D eigenvalue weighted by atomic mass is 10.2. The van der Waals surface area contributed by atoms with Crippen molar-refractivity contribution >= 4 is 29.2 Å². The Hall–Kier alpha value is -2.67. The number of methoxy groups -OCH3 is 1. The SMILES string of the molecule is COc1ccc(C=NOCC(=O)NN=C(C)c2cccs2)cc1. The Bertz CT molecular complexity index is 679. The molecule has 6 nitrogen and oxygen atoms in total. The van der Waals surface area contributed by atoms with Gasteiger partial charge in [0, 0.05) is 4.88 Å². The fraction of sp³-hybridized carbons (Fsp3) is 0.188. The maximum Gasteiger partial charge on any atom is 0.280 e. The number of ether oxygens (including phenoxy) is 1. The Labute approximate surface area is 138 Å². The monoisotopic (exact) mass is 331 g/mol. The zero-order valence-corrected chi connectivity index (χ0v) is 13.7. The van der Waals surface area contributed by atoms with E-state index in [0.717, 1.165) is 21.9 Å². The molecule has 0 fully saturated rings. The lowest BCUT2D eigenvalue weighted by Gasteiger charge is -2.01. The molecule has 0 saturated carbocycles. The predicted molar refractivity (Wildman–Crippen MR) is 91.2 cm³/mol. The maximum absolute atomic E-state index is 11.6.